The molecule has 0 fully saturated rings. The van der Waals surface area contributed by atoms with Crippen molar-refractivity contribution in [3.05, 3.63) is 52.3 Å². The van der Waals surface area contributed by atoms with E-state index >= 15 is 0 Å². The number of hydrogen-bond acceptors (Lipinski definition) is 2. The molecule has 0 saturated heterocycles. The Balaban J connectivity index is 2.26. The summed E-state index contributed by atoms with van der Waals surface area (Å²) < 4.78 is 1.76. The SMILES string of the molecule is Cn1c(-c2ccccc2)cc2c(c1=O)CCS2. The second-order valence-electron chi connectivity index (χ2n) is 4.20. The lowest BCUT2D eigenvalue weighted by molar-refractivity contribution is 0.835. The monoisotopic (exact) mass is 243 g/mol. The molecule has 1 aromatic carbocycles. The van der Waals surface area contributed by atoms with E-state index in [1.807, 2.05) is 37.4 Å². The van der Waals surface area contributed by atoms with E-state index in [4.69, 9.17) is 0 Å². The maximum absolute atomic E-state index is 12.2. The van der Waals surface area contributed by atoms with Crippen LogP contribution in [0.5, 0.6) is 0 Å². The molecule has 2 heterocycles. The fourth-order valence-electron chi connectivity index (χ4n) is 2.23. The first-order chi connectivity index (χ1) is 8.27. The van der Waals surface area contributed by atoms with Crippen molar-refractivity contribution in [2.75, 3.05) is 5.75 Å². The molecule has 86 valence electrons. The van der Waals surface area contributed by atoms with Gasteiger partial charge in [0.25, 0.3) is 5.56 Å². The first-order valence-electron chi connectivity index (χ1n) is 5.68. The van der Waals surface area contributed by atoms with Crippen LogP contribution in [0.25, 0.3) is 11.3 Å². The third-order valence-electron chi connectivity index (χ3n) is 3.17. The molecule has 0 unspecified atom stereocenters. The minimum Gasteiger partial charge on any atom is -0.311 e. The van der Waals surface area contributed by atoms with Crippen molar-refractivity contribution < 1.29 is 0 Å². The lowest BCUT2D eigenvalue weighted by atomic mass is 10.1. The van der Waals surface area contributed by atoms with Gasteiger partial charge in [-0.15, -0.1) is 11.8 Å². The molecule has 1 aliphatic heterocycles. The highest BCUT2D eigenvalue weighted by molar-refractivity contribution is 7.99. The van der Waals surface area contributed by atoms with Crippen molar-refractivity contribution in [2.45, 2.75) is 11.3 Å². The zero-order valence-corrected chi connectivity index (χ0v) is 10.5. The molecule has 0 radical (unpaired) electrons. The molecule has 17 heavy (non-hydrogen) atoms. The van der Waals surface area contributed by atoms with E-state index < -0.39 is 0 Å². The molecule has 1 aromatic heterocycles. The first kappa shape index (κ1) is 10.7. The quantitative estimate of drug-likeness (QED) is 0.768. The van der Waals surface area contributed by atoms with E-state index in [1.165, 1.54) is 0 Å². The van der Waals surface area contributed by atoms with Gasteiger partial charge in [0.15, 0.2) is 0 Å². The van der Waals surface area contributed by atoms with Gasteiger partial charge in [0.05, 0.1) is 5.69 Å². The number of fused-ring (bicyclic) bond motifs is 1. The van der Waals surface area contributed by atoms with Gasteiger partial charge in [-0.05, 0) is 18.1 Å². The maximum Gasteiger partial charge on any atom is 0.255 e. The minimum absolute atomic E-state index is 0.159. The number of hydrogen-bond donors (Lipinski definition) is 0. The summed E-state index contributed by atoms with van der Waals surface area (Å²) >= 11 is 1.79. The molecule has 3 heteroatoms. The fraction of sp³-hybridized carbons (Fsp3) is 0.214. The normalized spacial score (nSPS) is 13.7. The summed E-state index contributed by atoms with van der Waals surface area (Å²) in [6, 6.07) is 12.2. The third kappa shape index (κ3) is 1.71. The Morgan fingerprint density at radius 2 is 2.00 bits per heavy atom. The number of nitrogens with zero attached hydrogens (tertiary/aromatic N) is 1. The van der Waals surface area contributed by atoms with Gasteiger partial charge < -0.3 is 4.57 Å². The molecule has 0 spiro atoms. The molecule has 0 bridgehead atoms. The number of pyridine rings is 1. The highest BCUT2D eigenvalue weighted by atomic mass is 32.2. The van der Waals surface area contributed by atoms with Crippen LogP contribution in [0.1, 0.15) is 5.56 Å². The molecular weight excluding hydrogens is 230 g/mol. The van der Waals surface area contributed by atoms with E-state index in [-0.39, 0.29) is 5.56 Å². The summed E-state index contributed by atoms with van der Waals surface area (Å²) in [5.41, 5.74) is 3.25. The van der Waals surface area contributed by atoms with Crippen LogP contribution in [0.15, 0.2) is 46.1 Å². The van der Waals surface area contributed by atoms with Gasteiger partial charge in [0.2, 0.25) is 0 Å². The van der Waals surface area contributed by atoms with Crippen molar-refractivity contribution in [3.8, 4) is 11.3 Å². The summed E-state index contributed by atoms with van der Waals surface area (Å²) in [5.74, 6) is 1.03. The van der Waals surface area contributed by atoms with Gasteiger partial charge in [-0.1, -0.05) is 30.3 Å². The van der Waals surface area contributed by atoms with Crippen molar-refractivity contribution in [1.82, 2.24) is 4.57 Å². The van der Waals surface area contributed by atoms with E-state index in [9.17, 15) is 4.79 Å². The van der Waals surface area contributed by atoms with Crippen molar-refractivity contribution in [3.63, 3.8) is 0 Å². The van der Waals surface area contributed by atoms with Crippen LogP contribution in [-0.2, 0) is 13.5 Å². The van der Waals surface area contributed by atoms with E-state index in [0.29, 0.717) is 0 Å². The van der Waals surface area contributed by atoms with E-state index in [2.05, 4.69) is 6.07 Å². The molecule has 2 nitrogen and oxygen atoms in total. The number of thioether (sulfide) groups is 1. The molecule has 2 aromatic rings. The van der Waals surface area contributed by atoms with Crippen LogP contribution in [0, 0.1) is 0 Å². The van der Waals surface area contributed by atoms with Crippen LogP contribution >= 0.6 is 11.8 Å². The smallest absolute Gasteiger partial charge is 0.255 e. The van der Waals surface area contributed by atoms with Crippen molar-refractivity contribution in [2.24, 2.45) is 7.05 Å². The molecule has 0 atom stereocenters. The molecular formula is C14H13NOS. The second-order valence-corrected chi connectivity index (χ2v) is 5.34. The molecule has 3 rings (SSSR count). The number of aromatic nitrogens is 1. The number of rotatable bonds is 1. The van der Waals surface area contributed by atoms with Gasteiger partial charge in [-0.25, -0.2) is 0 Å². The highest BCUT2D eigenvalue weighted by Gasteiger charge is 2.18. The zero-order chi connectivity index (χ0) is 11.8. The standard InChI is InChI=1S/C14H13NOS/c1-15-12(10-5-3-2-4-6-10)9-13-11(14(15)16)7-8-17-13/h2-6,9H,7-8H2,1H3. The summed E-state index contributed by atoms with van der Waals surface area (Å²) in [4.78, 5) is 13.4. The van der Waals surface area contributed by atoms with Gasteiger partial charge in [-0.2, -0.15) is 0 Å². The topological polar surface area (TPSA) is 22.0 Å². The molecule has 1 aliphatic rings. The second kappa shape index (κ2) is 4.08. The molecule has 0 N–H and O–H groups in total. The molecule has 0 aliphatic carbocycles. The van der Waals surface area contributed by atoms with Crippen LogP contribution < -0.4 is 5.56 Å². The maximum atomic E-state index is 12.2. The fourth-order valence-corrected chi connectivity index (χ4v) is 3.32. The summed E-state index contributed by atoms with van der Waals surface area (Å²) in [6.45, 7) is 0. The summed E-state index contributed by atoms with van der Waals surface area (Å²) in [7, 11) is 1.86. The summed E-state index contributed by atoms with van der Waals surface area (Å²) in [6.07, 6.45) is 0.905. The van der Waals surface area contributed by atoms with Crippen molar-refractivity contribution >= 4 is 11.8 Å². The van der Waals surface area contributed by atoms with Crippen LogP contribution in [0.2, 0.25) is 0 Å². The predicted molar refractivity (Wildman–Crippen MR) is 71.5 cm³/mol. The Morgan fingerprint density at radius 1 is 1.24 bits per heavy atom. The van der Waals surface area contributed by atoms with Gasteiger partial charge >= 0.3 is 0 Å². The highest BCUT2D eigenvalue weighted by Crippen LogP contribution is 2.32. The first-order valence-corrected chi connectivity index (χ1v) is 6.67. The van der Waals surface area contributed by atoms with Crippen LogP contribution in [-0.4, -0.2) is 10.3 Å². The Bertz CT molecular complexity index is 616. The average molecular weight is 243 g/mol. The Labute approximate surface area is 104 Å². The van der Waals surface area contributed by atoms with Crippen molar-refractivity contribution in [1.29, 1.82) is 0 Å². The van der Waals surface area contributed by atoms with E-state index in [1.54, 1.807) is 16.3 Å². The van der Waals surface area contributed by atoms with E-state index in [0.717, 1.165) is 33.9 Å². The van der Waals surface area contributed by atoms with Gasteiger partial charge in [0, 0.05) is 23.3 Å². The van der Waals surface area contributed by atoms with Crippen LogP contribution in [0.3, 0.4) is 0 Å². The molecule has 0 saturated carbocycles. The van der Waals surface area contributed by atoms with Gasteiger partial charge in [-0.3, -0.25) is 4.79 Å². The number of benzene rings is 1. The van der Waals surface area contributed by atoms with Crippen LogP contribution in [0.4, 0.5) is 0 Å². The lowest BCUT2D eigenvalue weighted by Crippen LogP contribution is -2.22. The molecule has 0 amide bonds. The Kier molecular flexibility index (Phi) is 2.56. The minimum atomic E-state index is 0.159. The summed E-state index contributed by atoms with van der Waals surface area (Å²) in [5, 5.41) is 0. The van der Waals surface area contributed by atoms with Gasteiger partial charge in [0.1, 0.15) is 0 Å². The average Bonchev–Trinajstić information content (AvgIpc) is 2.83. The largest absolute Gasteiger partial charge is 0.311 e. The third-order valence-corrected chi connectivity index (χ3v) is 4.25. The lowest BCUT2D eigenvalue weighted by Gasteiger charge is -2.10. The predicted octanol–water partition coefficient (Wildman–Crippen LogP) is 2.70. The Hall–Kier alpha value is -1.48. The zero-order valence-electron chi connectivity index (χ0n) is 9.64. The Morgan fingerprint density at radius 3 is 2.76 bits per heavy atom.